The Labute approximate surface area is 147 Å². The van der Waals surface area contributed by atoms with E-state index in [-0.39, 0.29) is 9.79 Å². The van der Waals surface area contributed by atoms with E-state index in [1.54, 1.807) is 12.1 Å². The number of hydrogen-bond acceptors (Lipinski definition) is 4. The highest BCUT2D eigenvalue weighted by molar-refractivity contribution is 7.91. The minimum absolute atomic E-state index is 0.118. The Morgan fingerprint density at radius 1 is 1.08 bits per heavy atom. The lowest BCUT2D eigenvalue weighted by atomic mass is 9.87. The molecule has 0 radical (unpaired) electrons. The van der Waals surface area contributed by atoms with Gasteiger partial charge in [0.05, 0.1) is 9.79 Å². The molecule has 1 saturated heterocycles. The Hall–Kier alpha value is -1.92. The molecule has 4 rings (SSSR count). The van der Waals surface area contributed by atoms with Crippen LogP contribution in [0.3, 0.4) is 0 Å². The fraction of sp³-hybridized carbons (Fsp3) is 0.368. The van der Waals surface area contributed by atoms with E-state index in [9.17, 15) is 12.8 Å². The number of sulfone groups is 1. The van der Waals surface area contributed by atoms with Gasteiger partial charge in [-0.15, -0.1) is 0 Å². The van der Waals surface area contributed by atoms with Crippen molar-refractivity contribution in [2.24, 2.45) is 5.92 Å². The molecule has 0 saturated carbocycles. The highest BCUT2D eigenvalue weighted by Crippen LogP contribution is 2.43. The second-order valence-electron chi connectivity index (χ2n) is 6.95. The molecule has 0 amide bonds. The van der Waals surface area contributed by atoms with Gasteiger partial charge in [0.15, 0.2) is 0 Å². The molecule has 3 atom stereocenters. The summed E-state index contributed by atoms with van der Waals surface area (Å²) in [5, 5.41) is 7.01. The second-order valence-corrected chi connectivity index (χ2v) is 8.90. The molecule has 1 fully saturated rings. The lowest BCUT2D eigenvalue weighted by molar-refractivity contribution is 0.454. The summed E-state index contributed by atoms with van der Waals surface area (Å²) in [6.45, 7) is 4.11. The Morgan fingerprint density at radius 2 is 1.80 bits per heavy atom. The standard InChI is InChI=1S/C19H21FN2O2S/c1-12-11-21-9-8-16-17-10-15(6-7-18(17)22-19(12)16)25(23,24)14-4-2-13(20)3-5-14/h2-7,10,12,16,19,21-22H,8-9,11H2,1H3/t12?,16-,19+/m0/s1. The number of halogens is 1. The Bertz CT molecular complexity index is 896. The molecule has 0 aromatic heterocycles. The van der Waals surface area contributed by atoms with Gasteiger partial charge in [0.1, 0.15) is 5.82 Å². The van der Waals surface area contributed by atoms with Crippen molar-refractivity contribution in [2.75, 3.05) is 18.4 Å². The number of hydrogen-bond donors (Lipinski definition) is 2. The number of rotatable bonds is 2. The predicted molar refractivity (Wildman–Crippen MR) is 95.1 cm³/mol. The highest BCUT2D eigenvalue weighted by atomic mass is 32.2. The van der Waals surface area contributed by atoms with E-state index in [1.807, 2.05) is 6.07 Å². The minimum Gasteiger partial charge on any atom is -0.381 e. The van der Waals surface area contributed by atoms with Crippen molar-refractivity contribution >= 4 is 15.5 Å². The van der Waals surface area contributed by atoms with Crippen molar-refractivity contribution in [3.63, 3.8) is 0 Å². The van der Waals surface area contributed by atoms with Crippen LogP contribution in [0.4, 0.5) is 10.1 Å². The third-order valence-electron chi connectivity index (χ3n) is 5.32. The van der Waals surface area contributed by atoms with Crippen LogP contribution in [-0.2, 0) is 9.84 Å². The number of nitrogens with one attached hydrogen (secondary N) is 2. The molecule has 2 aliphatic heterocycles. The SMILES string of the molecule is CC1CNCC[C@H]2c3cc(S(=O)(=O)c4ccc(F)cc4)ccc3N[C@H]12. The molecule has 6 heteroatoms. The van der Waals surface area contributed by atoms with Crippen LogP contribution in [0.5, 0.6) is 0 Å². The topological polar surface area (TPSA) is 58.2 Å². The molecular weight excluding hydrogens is 339 g/mol. The fourth-order valence-corrected chi connectivity index (χ4v) is 5.25. The monoisotopic (exact) mass is 360 g/mol. The average Bonchev–Trinajstić information content (AvgIpc) is 2.87. The number of anilines is 1. The third kappa shape index (κ3) is 2.83. The summed E-state index contributed by atoms with van der Waals surface area (Å²) >= 11 is 0. The first-order chi connectivity index (χ1) is 12.0. The van der Waals surface area contributed by atoms with Gasteiger partial charge in [-0.1, -0.05) is 6.92 Å². The normalized spacial score (nSPS) is 25.6. The Morgan fingerprint density at radius 3 is 2.56 bits per heavy atom. The number of benzene rings is 2. The van der Waals surface area contributed by atoms with Crippen LogP contribution >= 0.6 is 0 Å². The highest BCUT2D eigenvalue weighted by Gasteiger charge is 2.37. The van der Waals surface area contributed by atoms with E-state index in [0.717, 1.165) is 30.8 Å². The summed E-state index contributed by atoms with van der Waals surface area (Å²) in [6.07, 6.45) is 0.981. The van der Waals surface area contributed by atoms with Crippen LogP contribution in [-0.4, -0.2) is 27.5 Å². The van der Waals surface area contributed by atoms with Gasteiger partial charge in [-0.05, 0) is 73.5 Å². The summed E-state index contributed by atoms with van der Waals surface area (Å²) in [7, 11) is -3.65. The van der Waals surface area contributed by atoms with E-state index in [4.69, 9.17) is 0 Å². The molecule has 132 valence electrons. The van der Waals surface area contributed by atoms with Gasteiger partial charge in [-0.25, -0.2) is 12.8 Å². The molecule has 2 heterocycles. The third-order valence-corrected chi connectivity index (χ3v) is 7.09. The summed E-state index contributed by atoms with van der Waals surface area (Å²) in [4.78, 5) is 0.387. The molecule has 0 aliphatic carbocycles. The zero-order valence-corrected chi connectivity index (χ0v) is 14.8. The summed E-state index contributed by atoms with van der Waals surface area (Å²) in [5.41, 5.74) is 2.10. The van der Waals surface area contributed by atoms with Crippen LogP contribution < -0.4 is 10.6 Å². The van der Waals surface area contributed by atoms with E-state index >= 15 is 0 Å². The van der Waals surface area contributed by atoms with Crippen molar-refractivity contribution in [1.29, 1.82) is 0 Å². The molecule has 1 unspecified atom stereocenters. The molecule has 2 aromatic rings. The molecule has 25 heavy (non-hydrogen) atoms. The molecule has 0 bridgehead atoms. The van der Waals surface area contributed by atoms with E-state index in [0.29, 0.717) is 17.9 Å². The lowest BCUT2D eigenvalue weighted by Gasteiger charge is -2.22. The van der Waals surface area contributed by atoms with Gasteiger partial charge in [-0.3, -0.25) is 0 Å². The van der Waals surface area contributed by atoms with Gasteiger partial charge in [0, 0.05) is 17.6 Å². The fourth-order valence-electron chi connectivity index (χ4n) is 3.96. The van der Waals surface area contributed by atoms with Crippen LogP contribution in [0.15, 0.2) is 52.3 Å². The number of fused-ring (bicyclic) bond motifs is 3. The molecule has 2 aliphatic rings. The van der Waals surface area contributed by atoms with Gasteiger partial charge in [0.2, 0.25) is 9.84 Å². The van der Waals surface area contributed by atoms with E-state index in [2.05, 4.69) is 17.6 Å². The first-order valence-corrected chi connectivity index (χ1v) is 10.1. The first-order valence-electron chi connectivity index (χ1n) is 8.58. The van der Waals surface area contributed by atoms with E-state index < -0.39 is 15.7 Å². The van der Waals surface area contributed by atoms with Crippen LogP contribution in [0, 0.1) is 11.7 Å². The van der Waals surface area contributed by atoms with Crippen molar-refractivity contribution in [3.05, 3.63) is 53.8 Å². The van der Waals surface area contributed by atoms with Crippen LogP contribution in [0.2, 0.25) is 0 Å². The minimum atomic E-state index is -3.65. The summed E-state index contributed by atoms with van der Waals surface area (Å²) in [6, 6.07) is 10.6. The quantitative estimate of drug-likeness (QED) is 0.808. The van der Waals surface area contributed by atoms with Gasteiger partial charge in [-0.2, -0.15) is 0 Å². The van der Waals surface area contributed by atoms with E-state index in [1.165, 1.54) is 24.3 Å². The average molecular weight is 360 g/mol. The van der Waals surface area contributed by atoms with Gasteiger partial charge in [0.25, 0.3) is 0 Å². The maximum Gasteiger partial charge on any atom is 0.206 e. The zero-order chi connectivity index (χ0) is 17.6. The van der Waals surface area contributed by atoms with Crippen molar-refractivity contribution in [3.8, 4) is 0 Å². The Balaban J connectivity index is 1.74. The molecule has 0 spiro atoms. The summed E-state index contributed by atoms with van der Waals surface area (Å²) < 4.78 is 38.9. The predicted octanol–water partition coefficient (Wildman–Crippen LogP) is 3.17. The van der Waals surface area contributed by atoms with Crippen molar-refractivity contribution in [2.45, 2.75) is 35.1 Å². The van der Waals surface area contributed by atoms with Crippen molar-refractivity contribution in [1.82, 2.24) is 5.32 Å². The van der Waals surface area contributed by atoms with Crippen molar-refractivity contribution < 1.29 is 12.8 Å². The van der Waals surface area contributed by atoms with Gasteiger partial charge < -0.3 is 10.6 Å². The molecular formula is C19H21FN2O2S. The maximum atomic E-state index is 13.1. The molecule has 4 nitrogen and oxygen atoms in total. The van der Waals surface area contributed by atoms with Gasteiger partial charge >= 0.3 is 0 Å². The van der Waals surface area contributed by atoms with Crippen LogP contribution in [0.25, 0.3) is 0 Å². The largest absolute Gasteiger partial charge is 0.381 e. The molecule has 2 aromatic carbocycles. The zero-order valence-electron chi connectivity index (χ0n) is 14.0. The first kappa shape index (κ1) is 16.5. The second kappa shape index (κ2) is 6.11. The lowest BCUT2D eigenvalue weighted by Crippen LogP contribution is -2.31. The maximum absolute atomic E-state index is 13.1. The Kier molecular flexibility index (Phi) is 4.04. The smallest absolute Gasteiger partial charge is 0.206 e. The van der Waals surface area contributed by atoms with Crippen LogP contribution in [0.1, 0.15) is 24.8 Å². The molecule has 2 N–H and O–H groups in total. The summed E-state index contributed by atoms with van der Waals surface area (Å²) in [5.74, 6) is 0.334.